The molecule has 3 heteroatoms. The zero-order valence-electron chi connectivity index (χ0n) is 13.3. The molecular formula is C18H25N3. The van der Waals surface area contributed by atoms with Crippen LogP contribution in [0.25, 0.3) is 10.9 Å². The number of nitrogens with one attached hydrogen (secondary N) is 1. The van der Waals surface area contributed by atoms with Crippen LogP contribution in [0.5, 0.6) is 0 Å². The van der Waals surface area contributed by atoms with Gasteiger partial charge in [-0.3, -0.25) is 0 Å². The highest BCUT2D eigenvalue weighted by molar-refractivity contribution is 5.84. The van der Waals surface area contributed by atoms with Crippen molar-refractivity contribution in [2.75, 3.05) is 25.0 Å². The van der Waals surface area contributed by atoms with Gasteiger partial charge in [-0.1, -0.05) is 32.0 Å². The Morgan fingerprint density at radius 3 is 2.86 bits per heavy atom. The lowest BCUT2D eigenvalue weighted by atomic mass is 9.95. The minimum Gasteiger partial charge on any atom is -0.356 e. The molecular weight excluding hydrogens is 258 g/mol. The molecule has 1 aromatic heterocycles. The van der Waals surface area contributed by atoms with Crippen LogP contribution in [0.2, 0.25) is 0 Å². The number of nitrogens with zero attached hydrogens (tertiary/aromatic N) is 2. The highest BCUT2D eigenvalue weighted by Gasteiger charge is 2.26. The number of benzene rings is 1. The van der Waals surface area contributed by atoms with Gasteiger partial charge in [-0.2, -0.15) is 0 Å². The van der Waals surface area contributed by atoms with E-state index in [0.29, 0.717) is 0 Å². The summed E-state index contributed by atoms with van der Waals surface area (Å²) < 4.78 is 0. The predicted octanol–water partition coefficient (Wildman–Crippen LogP) is 3.44. The van der Waals surface area contributed by atoms with E-state index in [4.69, 9.17) is 4.98 Å². The third-order valence-corrected chi connectivity index (χ3v) is 4.65. The second-order valence-corrected chi connectivity index (χ2v) is 6.43. The Labute approximate surface area is 127 Å². The molecule has 1 atom stereocenters. The van der Waals surface area contributed by atoms with Crippen LogP contribution in [0.15, 0.2) is 30.3 Å². The Kier molecular flexibility index (Phi) is 4.11. The number of anilines is 1. The van der Waals surface area contributed by atoms with Crippen LogP contribution < -0.4 is 10.2 Å². The molecule has 2 heterocycles. The molecule has 2 aromatic rings. The average Bonchev–Trinajstić information content (AvgIpc) is 2.97. The Bertz CT molecular complexity index is 621. The first kappa shape index (κ1) is 14.3. The number of para-hydroxylation sites is 1. The van der Waals surface area contributed by atoms with Gasteiger partial charge in [0.1, 0.15) is 5.82 Å². The molecule has 1 unspecified atom stereocenters. The van der Waals surface area contributed by atoms with E-state index in [0.717, 1.165) is 42.8 Å². The van der Waals surface area contributed by atoms with Crippen molar-refractivity contribution < 1.29 is 0 Å². The van der Waals surface area contributed by atoms with Crippen LogP contribution in [0.3, 0.4) is 0 Å². The summed E-state index contributed by atoms with van der Waals surface area (Å²) in [7, 11) is 2.00. The fourth-order valence-corrected chi connectivity index (χ4v) is 3.27. The molecule has 21 heavy (non-hydrogen) atoms. The van der Waals surface area contributed by atoms with Crippen molar-refractivity contribution in [3.63, 3.8) is 0 Å². The van der Waals surface area contributed by atoms with Crippen molar-refractivity contribution in [2.24, 2.45) is 11.8 Å². The van der Waals surface area contributed by atoms with Gasteiger partial charge in [-0.05, 0) is 43.0 Å². The average molecular weight is 283 g/mol. The normalized spacial score (nSPS) is 18.9. The molecule has 1 fully saturated rings. The van der Waals surface area contributed by atoms with E-state index in [1.807, 2.05) is 7.05 Å². The Hall–Kier alpha value is -1.61. The lowest BCUT2D eigenvalue weighted by molar-refractivity contribution is 0.422. The van der Waals surface area contributed by atoms with E-state index in [2.05, 4.69) is 54.4 Å². The van der Waals surface area contributed by atoms with Crippen LogP contribution in [-0.2, 0) is 6.54 Å². The van der Waals surface area contributed by atoms with Crippen molar-refractivity contribution >= 4 is 16.7 Å². The molecule has 3 rings (SSSR count). The fraction of sp³-hybridized carbons (Fsp3) is 0.500. The lowest BCUT2D eigenvalue weighted by Gasteiger charge is -2.20. The number of hydrogen-bond acceptors (Lipinski definition) is 3. The van der Waals surface area contributed by atoms with Crippen LogP contribution >= 0.6 is 0 Å². The molecule has 3 nitrogen and oxygen atoms in total. The third kappa shape index (κ3) is 2.88. The summed E-state index contributed by atoms with van der Waals surface area (Å²) in [5.74, 6) is 2.69. The SMILES string of the molecule is CNCc1cc(N2CCC(C(C)C)C2)nc2ccccc12. The van der Waals surface area contributed by atoms with E-state index in [-0.39, 0.29) is 0 Å². The predicted molar refractivity (Wildman–Crippen MR) is 89.7 cm³/mol. The van der Waals surface area contributed by atoms with E-state index in [1.54, 1.807) is 0 Å². The van der Waals surface area contributed by atoms with Crippen molar-refractivity contribution in [1.29, 1.82) is 0 Å². The quantitative estimate of drug-likeness (QED) is 0.931. The fourth-order valence-electron chi connectivity index (χ4n) is 3.27. The van der Waals surface area contributed by atoms with Gasteiger partial charge in [0, 0.05) is 25.0 Å². The molecule has 0 aliphatic carbocycles. The largest absolute Gasteiger partial charge is 0.356 e. The molecule has 1 aliphatic heterocycles. The number of rotatable bonds is 4. The van der Waals surface area contributed by atoms with E-state index in [9.17, 15) is 0 Å². The molecule has 1 N–H and O–H groups in total. The third-order valence-electron chi connectivity index (χ3n) is 4.65. The van der Waals surface area contributed by atoms with Crippen LogP contribution in [0.1, 0.15) is 25.8 Å². The van der Waals surface area contributed by atoms with E-state index >= 15 is 0 Å². The smallest absolute Gasteiger partial charge is 0.129 e. The molecule has 0 radical (unpaired) electrons. The van der Waals surface area contributed by atoms with Gasteiger partial charge in [0.05, 0.1) is 5.52 Å². The zero-order chi connectivity index (χ0) is 14.8. The molecule has 0 saturated carbocycles. The summed E-state index contributed by atoms with van der Waals surface area (Å²) in [6, 6.07) is 10.7. The maximum absolute atomic E-state index is 4.89. The van der Waals surface area contributed by atoms with E-state index in [1.165, 1.54) is 17.4 Å². The van der Waals surface area contributed by atoms with Crippen molar-refractivity contribution in [1.82, 2.24) is 10.3 Å². The van der Waals surface area contributed by atoms with Gasteiger partial charge in [0.15, 0.2) is 0 Å². The Morgan fingerprint density at radius 2 is 2.14 bits per heavy atom. The van der Waals surface area contributed by atoms with Gasteiger partial charge in [0.25, 0.3) is 0 Å². The Morgan fingerprint density at radius 1 is 1.33 bits per heavy atom. The zero-order valence-corrected chi connectivity index (χ0v) is 13.3. The van der Waals surface area contributed by atoms with Gasteiger partial charge in [-0.25, -0.2) is 4.98 Å². The lowest BCUT2D eigenvalue weighted by Crippen LogP contribution is -2.22. The standard InChI is InChI=1S/C18H25N3/c1-13(2)14-8-9-21(12-14)18-10-15(11-19-3)16-6-4-5-7-17(16)20-18/h4-7,10,13-14,19H,8-9,11-12H2,1-3H3. The molecule has 0 amide bonds. The maximum atomic E-state index is 4.89. The van der Waals surface area contributed by atoms with Crippen LogP contribution in [-0.4, -0.2) is 25.1 Å². The minimum atomic E-state index is 0.757. The molecule has 1 aliphatic rings. The van der Waals surface area contributed by atoms with Crippen molar-refractivity contribution in [3.05, 3.63) is 35.9 Å². The molecule has 1 saturated heterocycles. The summed E-state index contributed by atoms with van der Waals surface area (Å²) in [5.41, 5.74) is 2.44. The minimum absolute atomic E-state index is 0.757. The first-order chi connectivity index (χ1) is 10.2. The van der Waals surface area contributed by atoms with Gasteiger partial charge in [0.2, 0.25) is 0 Å². The molecule has 112 valence electrons. The van der Waals surface area contributed by atoms with Gasteiger partial charge in [-0.15, -0.1) is 0 Å². The van der Waals surface area contributed by atoms with Crippen LogP contribution in [0, 0.1) is 11.8 Å². The summed E-state index contributed by atoms with van der Waals surface area (Å²) in [6.45, 7) is 7.81. The number of aromatic nitrogens is 1. The highest BCUT2D eigenvalue weighted by atomic mass is 15.2. The topological polar surface area (TPSA) is 28.2 Å². The maximum Gasteiger partial charge on any atom is 0.129 e. The highest BCUT2D eigenvalue weighted by Crippen LogP contribution is 2.29. The van der Waals surface area contributed by atoms with Crippen molar-refractivity contribution in [3.8, 4) is 0 Å². The molecule has 0 spiro atoms. The number of pyridine rings is 1. The molecule has 0 bridgehead atoms. The number of fused-ring (bicyclic) bond motifs is 1. The summed E-state index contributed by atoms with van der Waals surface area (Å²) in [6.07, 6.45) is 1.29. The second kappa shape index (κ2) is 6.02. The summed E-state index contributed by atoms with van der Waals surface area (Å²) in [5, 5.41) is 4.53. The van der Waals surface area contributed by atoms with Gasteiger partial charge >= 0.3 is 0 Å². The van der Waals surface area contributed by atoms with Crippen LogP contribution in [0.4, 0.5) is 5.82 Å². The molecule has 1 aromatic carbocycles. The van der Waals surface area contributed by atoms with Crippen molar-refractivity contribution in [2.45, 2.75) is 26.8 Å². The first-order valence-corrected chi connectivity index (χ1v) is 7.97. The summed E-state index contributed by atoms with van der Waals surface area (Å²) in [4.78, 5) is 7.35. The summed E-state index contributed by atoms with van der Waals surface area (Å²) >= 11 is 0. The second-order valence-electron chi connectivity index (χ2n) is 6.43. The number of hydrogen-bond donors (Lipinski definition) is 1. The van der Waals surface area contributed by atoms with Gasteiger partial charge < -0.3 is 10.2 Å². The van der Waals surface area contributed by atoms with E-state index < -0.39 is 0 Å². The Balaban J connectivity index is 1.96. The monoisotopic (exact) mass is 283 g/mol. The first-order valence-electron chi connectivity index (χ1n) is 7.97.